The van der Waals surface area contributed by atoms with Crippen molar-refractivity contribution in [1.29, 1.82) is 0 Å². The maximum Gasteiger partial charge on any atom is 0.324 e. The fourth-order valence-corrected chi connectivity index (χ4v) is 4.35. The maximum atomic E-state index is 13.1. The molecule has 0 bridgehead atoms. The molecule has 0 radical (unpaired) electrons. The number of carbonyl (C=O) groups excluding carboxylic acids is 1. The smallest absolute Gasteiger partial charge is 0.324 e. The number of carboxylic acid groups (broad SMARTS) is 1. The van der Waals surface area contributed by atoms with E-state index in [0.717, 1.165) is 5.56 Å². The summed E-state index contributed by atoms with van der Waals surface area (Å²) >= 11 is 0. The zero-order valence-corrected chi connectivity index (χ0v) is 16.5. The molecule has 150 valence electrons. The van der Waals surface area contributed by atoms with Gasteiger partial charge in [0.1, 0.15) is 11.3 Å². The summed E-state index contributed by atoms with van der Waals surface area (Å²) in [5, 5.41) is 13.0. The molecule has 0 aliphatic carbocycles. The number of pyridine rings is 1. The predicted octanol–water partition coefficient (Wildman–Crippen LogP) is 2.85. The third kappa shape index (κ3) is 3.80. The third-order valence-electron chi connectivity index (χ3n) is 5.55. The number of nitrogens with one attached hydrogen (secondary N) is 1. The Bertz CT molecular complexity index is 806. The first-order chi connectivity index (χ1) is 13.3. The number of carboxylic acids is 1. The van der Waals surface area contributed by atoms with Crippen molar-refractivity contribution in [1.82, 2.24) is 15.2 Å². The van der Waals surface area contributed by atoms with E-state index in [2.05, 4.69) is 10.3 Å². The van der Waals surface area contributed by atoms with Gasteiger partial charge in [0.2, 0.25) is 5.91 Å². The Labute approximate surface area is 164 Å². The van der Waals surface area contributed by atoms with Gasteiger partial charge >= 0.3 is 5.97 Å². The van der Waals surface area contributed by atoms with E-state index in [1.165, 1.54) is 0 Å². The standard InChI is InChI=1S/C21H27N3O4/c1-14(2)10-21(20(26)27)11-17(19(25)23-13-16-7-5-9-28-16)18(24(21)3)15-6-4-8-22-12-15/h4-9,12,14,17-18H,10-11,13H2,1-3H3,(H,23,25)(H,26,27)/t17-,18-,21-/m1/s1. The Morgan fingerprint density at radius 3 is 2.75 bits per heavy atom. The number of aliphatic carboxylic acids is 1. The van der Waals surface area contributed by atoms with E-state index >= 15 is 0 Å². The van der Waals surface area contributed by atoms with Crippen LogP contribution in [0.2, 0.25) is 0 Å². The lowest BCUT2D eigenvalue weighted by atomic mass is 9.83. The average molecular weight is 385 g/mol. The first kappa shape index (κ1) is 20.1. The van der Waals surface area contributed by atoms with Crippen molar-refractivity contribution in [3.8, 4) is 0 Å². The Morgan fingerprint density at radius 1 is 1.39 bits per heavy atom. The summed E-state index contributed by atoms with van der Waals surface area (Å²) < 4.78 is 5.28. The highest BCUT2D eigenvalue weighted by molar-refractivity contribution is 5.85. The fourth-order valence-electron chi connectivity index (χ4n) is 4.35. The van der Waals surface area contributed by atoms with Crippen LogP contribution in [0.5, 0.6) is 0 Å². The SMILES string of the molecule is CC(C)C[C@]1(C(=O)O)C[C@@H](C(=O)NCc2ccco2)[C@@H](c2cccnc2)N1C. The average Bonchev–Trinajstić information content (AvgIpc) is 3.27. The van der Waals surface area contributed by atoms with Gasteiger partial charge in [-0.1, -0.05) is 19.9 Å². The van der Waals surface area contributed by atoms with Crippen molar-refractivity contribution in [2.45, 2.75) is 44.8 Å². The summed E-state index contributed by atoms with van der Waals surface area (Å²) in [4.78, 5) is 31.5. The van der Waals surface area contributed by atoms with E-state index in [1.54, 1.807) is 37.8 Å². The normalized spacial score (nSPS) is 25.1. The second-order valence-electron chi connectivity index (χ2n) is 7.88. The summed E-state index contributed by atoms with van der Waals surface area (Å²) in [7, 11) is 1.80. The van der Waals surface area contributed by atoms with Gasteiger partial charge in [-0.15, -0.1) is 0 Å². The highest BCUT2D eigenvalue weighted by Crippen LogP contribution is 2.48. The van der Waals surface area contributed by atoms with Crippen molar-refractivity contribution in [2.75, 3.05) is 7.05 Å². The highest BCUT2D eigenvalue weighted by atomic mass is 16.4. The molecule has 1 aliphatic heterocycles. The van der Waals surface area contributed by atoms with Crippen LogP contribution >= 0.6 is 0 Å². The molecule has 3 rings (SSSR count). The van der Waals surface area contributed by atoms with E-state index in [-0.39, 0.29) is 30.8 Å². The van der Waals surface area contributed by atoms with Crippen LogP contribution in [-0.4, -0.2) is 39.5 Å². The molecule has 3 heterocycles. The third-order valence-corrected chi connectivity index (χ3v) is 5.55. The van der Waals surface area contributed by atoms with Crippen LogP contribution < -0.4 is 5.32 Å². The zero-order valence-electron chi connectivity index (χ0n) is 16.5. The molecular formula is C21H27N3O4. The number of hydrogen-bond donors (Lipinski definition) is 2. The topological polar surface area (TPSA) is 95.7 Å². The molecule has 2 aromatic rings. The summed E-state index contributed by atoms with van der Waals surface area (Å²) in [6.45, 7) is 4.28. The molecule has 3 atom stereocenters. The van der Waals surface area contributed by atoms with Crippen LogP contribution in [0.1, 0.15) is 44.1 Å². The zero-order chi connectivity index (χ0) is 20.3. The van der Waals surface area contributed by atoms with Gasteiger partial charge in [0, 0.05) is 18.4 Å². The first-order valence-corrected chi connectivity index (χ1v) is 9.51. The van der Waals surface area contributed by atoms with Gasteiger partial charge in [0.05, 0.1) is 18.7 Å². The molecule has 28 heavy (non-hydrogen) atoms. The van der Waals surface area contributed by atoms with Gasteiger partial charge in [-0.05, 0) is 49.6 Å². The second-order valence-corrected chi connectivity index (χ2v) is 7.88. The van der Waals surface area contributed by atoms with Crippen molar-refractivity contribution < 1.29 is 19.1 Å². The number of amides is 1. The molecule has 0 saturated carbocycles. The number of likely N-dealkylation sites (N-methyl/N-ethyl adjacent to an activating group) is 1. The van der Waals surface area contributed by atoms with E-state index in [0.29, 0.717) is 12.2 Å². The van der Waals surface area contributed by atoms with Crippen LogP contribution in [0.15, 0.2) is 47.3 Å². The number of aromatic nitrogens is 1. The van der Waals surface area contributed by atoms with Gasteiger partial charge in [0.15, 0.2) is 0 Å². The van der Waals surface area contributed by atoms with Gasteiger partial charge in [-0.3, -0.25) is 19.5 Å². The Balaban J connectivity index is 1.92. The molecular weight excluding hydrogens is 358 g/mol. The summed E-state index contributed by atoms with van der Waals surface area (Å²) in [6, 6.07) is 6.90. The molecule has 7 nitrogen and oxygen atoms in total. The molecule has 0 unspecified atom stereocenters. The summed E-state index contributed by atoms with van der Waals surface area (Å²) in [5.74, 6) is -0.732. The van der Waals surface area contributed by atoms with Crippen LogP contribution in [-0.2, 0) is 16.1 Å². The lowest BCUT2D eigenvalue weighted by Gasteiger charge is -2.36. The number of nitrogens with zero attached hydrogens (tertiary/aromatic N) is 2. The second kappa shape index (κ2) is 8.14. The Kier molecular flexibility index (Phi) is 5.84. The lowest BCUT2D eigenvalue weighted by Crippen LogP contribution is -2.50. The number of rotatable bonds is 7. The van der Waals surface area contributed by atoms with Crippen LogP contribution in [0.3, 0.4) is 0 Å². The molecule has 1 saturated heterocycles. The molecule has 2 N–H and O–H groups in total. The summed E-state index contributed by atoms with van der Waals surface area (Å²) in [5.41, 5.74) is -0.253. The van der Waals surface area contributed by atoms with Crippen molar-refractivity contribution in [3.63, 3.8) is 0 Å². The Morgan fingerprint density at radius 2 is 2.18 bits per heavy atom. The fraction of sp³-hybridized carbons (Fsp3) is 0.476. The largest absolute Gasteiger partial charge is 0.480 e. The number of likely N-dealkylation sites (tertiary alicyclic amines) is 1. The van der Waals surface area contributed by atoms with E-state index in [4.69, 9.17) is 4.42 Å². The van der Waals surface area contributed by atoms with E-state index in [9.17, 15) is 14.7 Å². The summed E-state index contributed by atoms with van der Waals surface area (Å²) in [6.07, 6.45) is 5.66. The molecule has 0 spiro atoms. The quantitative estimate of drug-likeness (QED) is 0.761. The van der Waals surface area contributed by atoms with Crippen LogP contribution in [0, 0.1) is 11.8 Å². The van der Waals surface area contributed by atoms with Gasteiger partial charge < -0.3 is 14.8 Å². The van der Waals surface area contributed by atoms with Crippen LogP contribution in [0.25, 0.3) is 0 Å². The first-order valence-electron chi connectivity index (χ1n) is 9.51. The maximum absolute atomic E-state index is 13.1. The lowest BCUT2D eigenvalue weighted by molar-refractivity contribution is -0.151. The van der Waals surface area contributed by atoms with Crippen LogP contribution in [0.4, 0.5) is 0 Å². The number of carbonyl (C=O) groups is 2. The minimum atomic E-state index is -1.10. The van der Waals surface area contributed by atoms with Crippen molar-refractivity contribution >= 4 is 11.9 Å². The van der Waals surface area contributed by atoms with Gasteiger partial charge in [-0.25, -0.2) is 0 Å². The monoisotopic (exact) mass is 385 g/mol. The molecule has 1 aliphatic rings. The number of furan rings is 1. The molecule has 0 aromatic carbocycles. The van der Waals surface area contributed by atoms with Crippen molar-refractivity contribution in [2.24, 2.45) is 11.8 Å². The highest BCUT2D eigenvalue weighted by Gasteiger charge is 2.57. The Hall–Kier alpha value is -2.67. The van der Waals surface area contributed by atoms with Gasteiger partial charge in [-0.2, -0.15) is 0 Å². The molecule has 7 heteroatoms. The minimum absolute atomic E-state index is 0.177. The van der Waals surface area contributed by atoms with Gasteiger partial charge in [0.25, 0.3) is 0 Å². The van der Waals surface area contributed by atoms with Crippen molar-refractivity contribution in [3.05, 3.63) is 54.2 Å². The molecule has 2 aromatic heterocycles. The number of hydrogen-bond acceptors (Lipinski definition) is 5. The molecule has 1 fully saturated rings. The van der Waals surface area contributed by atoms with E-state index in [1.807, 2.05) is 30.9 Å². The predicted molar refractivity (Wildman–Crippen MR) is 103 cm³/mol. The minimum Gasteiger partial charge on any atom is -0.480 e. The van der Waals surface area contributed by atoms with E-state index < -0.39 is 17.4 Å². The molecule has 1 amide bonds.